The highest BCUT2D eigenvalue weighted by Gasteiger charge is 2.04. The van der Waals surface area contributed by atoms with E-state index in [1.807, 2.05) is 18.2 Å². The van der Waals surface area contributed by atoms with Gasteiger partial charge in [-0.05, 0) is 37.0 Å². The highest BCUT2D eigenvalue weighted by Crippen LogP contribution is 2.05. The van der Waals surface area contributed by atoms with Gasteiger partial charge in [0.1, 0.15) is 0 Å². The van der Waals surface area contributed by atoms with Crippen LogP contribution in [0.4, 0.5) is 0 Å². The molecular formula is C19H30N4O3. The molecule has 0 spiro atoms. The Morgan fingerprint density at radius 1 is 1.12 bits per heavy atom. The summed E-state index contributed by atoms with van der Waals surface area (Å²) in [7, 11) is 4.77. The normalized spacial score (nSPS) is 11.0. The molecule has 26 heavy (non-hydrogen) atoms. The molecule has 0 bridgehead atoms. The Hall–Kier alpha value is -2.57. The van der Waals surface area contributed by atoms with Gasteiger partial charge in [-0.2, -0.15) is 0 Å². The van der Waals surface area contributed by atoms with Crippen molar-refractivity contribution in [3.63, 3.8) is 0 Å². The van der Waals surface area contributed by atoms with Crippen LogP contribution in [-0.4, -0.2) is 52.1 Å². The first kappa shape index (κ1) is 21.5. The number of nitrogens with one attached hydrogen (secondary N) is 3. The molecule has 0 radical (unpaired) electrons. The molecule has 0 heterocycles. The summed E-state index contributed by atoms with van der Waals surface area (Å²) < 4.78 is 4.61. The van der Waals surface area contributed by atoms with E-state index in [4.69, 9.17) is 0 Å². The molecule has 0 aliphatic carbocycles. The summed E-state index contributed by atoms with van der Waals surface area (Å²) in [6.45, 7) is 1.52. The number of guanidine groups is 1. The van der Waals surface area contributed by atoms with Crippen molar-refractivity contribution in [1.82, 2.24) is 16.0 Å². The Labute approximate surface area is 155 Å². The molecule has 1 rings (SSSR count). The molecule has 144 valence electrons. The van der Waals surface area contributed by atoms with Gasteiger partial charge >= 0.3 is 5.97 Å². The molecule has 0 fully saturated rings. The van der Waals surface area contributed by atoms with Crippen LogP contribution in [-0.2, 0) is 16.0 Å². The second-order valence-corrected chi connectivity index (χ2v) is 5.84. The van der Waals surface area contributed by atoms with Gasteiger partial charge in [0.25, 0.3) is 5.91 Å². The molecule has 0 unspecified atom stereocenters. The number of esters is 1. The lowest BCUT2D eigenvalue weighted by Crippen LogP contribution is -2.38. The first-order valence-electron chi connectivity index (χ1n) is 8.93. The maximum Gasteiger partial charge on any atom is 0.305 e. The maximum atomic E-state index is 11.7. The monoisotopic (exact) mass is 362 g/mol. The molecule has 0 aromatic heterocycles. The molecule has 0 aliphatic rings. The van der Waals surface area contributed by atoms with Gasteiger partial charge in [-0.25, -0.2) is 0 Å². The van der Waals surface area contributed by atoms with E-state index in [-0.39, 0.29) is 11.9 Å². The molecule has 1 aromatic carbocycles. The summed E-state index contributed by atoms with van der Waals surface area (Å²) in [5.41, 5.74) is 1.76. The van der Waals surface area contributed by atoms with Crippen LogP contribution in [0.3, 0.4) is 0 Å². The van der Waals surface area contributed by atoms with Crippen molar-refractivity contribution >= 4 is 17.8 Å². The van der Waals surface area contributed by atoms with Crippen molar-refractivity contribution in [3.05, 3.63) is 35.4 Å². The van der Waals surface area contributed by atoms with Gasteiger partial charge in [0.05, 0.1) is 7.11 Å². The molecule has 1 aromatic rings. The highest BCUT2D eigenvalue weighted by molar-refractivity contribution is 5.94. The van der Waals surface area contributed by atoms with Gasteiger partial charge in [0.15, 0.2) is 5.96 Å². The SMILES string of the molecule is CN=C(NCCCCCC(=O)OC)NCCc1cccc(C(=O)NC)c1. The van der Waals surface area contributed by atoms with E-state index in [9.17, 15) is 9.59 Å². The van der Waals surface area contributed by atoms with Crippen molar-refractivity contribution in [2.75, 3.05) is 34.3 Å². The second kappa shape index (κ2) is 12.7. The lowest BCUT2D eigenvalue weighted by molar-refractivity contribution is -0.140. The molecule has 7 heteroatoms. The summed E-state index contributed by atoms with van der Waals surface area (Å²) >= 11 is 0. The number of rotatable bonds is 10. The van der Waals surface area contributed by atoms with E-state index < -0.39 is 0 Å². The van der Waals surface area contributed by atoms with E-state index in [0.717, 1.165) is 50.3 Å². The average molecular weight is 362 g/mol. The first-order valence-corrected chi connectivity index (χ1v) is 8.93. The van der Waals surface area contributed by atoms with Gasteiger partial charge < -0.3 is 20.7 Å². The minimum absolute atomic E-state index is 0.0792. The standard InChI is InChI=1S/C19H30N4O3/c1-20-18(25)16-9-7-8-15(14-16)11-13-23-19(21-2)22-12-6-4-5-10-17(24)26-3/h7-9,14H,4-6,10-13H2,1-3H3,(H,20,25)(H2,21,22,23). The summed E-state index contributed by atoms with van der Waals surface area (Å²) in [5.74, 6) is 0.515. The predicted octanol–water partition coefficient (Wildman–Crippen LogP) is 1.49. The van der Waals surface area contributed by atoms with Crippen molar-refractivity contribution in [1.29, 1.82) is 0 Å². The van der Waals surface area contributed by atoms with Crippen molar-refractivity contribution < 1.29 is 14.3 Å². The van der Waals surface area contributed by atoms with Crippen molar-refractivity contribution in [2.24, 2.45) is 4.99 Å². The molecule has 0 saturated carbocycles. The Balaban J connectivity index is 2.24. The molecular weight excluding hydrogens is 332 g/mol. The average Bonchev–Trinajstić information content (AvgIpc) is 2.68. The smallest absolute Gasteiger partial charge is 0.305 e. The van der Waals surface area contributed by atoms with Crippen LogP contribution in [0.2, 0.25) is 0 Å². The van der Waals surface area contributed by atoms with Crippen LogP contribution in [0.25, 0.3) is 0 Å². The molecule has 0 aliphatic heterocycles. The molecule has 0 saturated heterocycles. The lowest BCUT2D eigenvalue weighted by Gasteiger charge is -2.12. The van der Waals surface area contributed by atoms with Crippen molar-refractivity contribution in [2.45, 2.75) is 32.1 Å². The minimum Gasteiger partial charge on any atom is -0.469 e. The maximum absolute atomic E-state index is 11.7. The zero-order valence-electron chi connectivity index (χ0n) is 15.9. The number of methoxy groups -OCH3 is 1. The number of unbranched alkanes of at least 4 members (excludes halogenated alkanes) is 2. The van der Waals surface area contributed by atoms with Crippen LogP contribution in [0, 0.1) is 0 Å². The van der Waals surface area contributed by atoms with Gasteiger partial charge in [0.2, 0.25) is 0 Å². The number of hydrogen-bond acceptors (Lipinski definition) is 4. The number of carbonyl (C=O) groups is 2. The summed E-state index contributed by atoms with van der Waals surface area (Å²) in [6.07, 6.45) is 4.03. The van der Waals surface area contributed by atoms with E-state index in [0.29, 0.717) is 12.0 Å². The fraction of sp³-hybridized carbons (Fsp3) is 0.526. The minimum atomic E-state index is -0.157. The molecule has 0 atom stereocenters. The topological polar surface area (TPSA) is 91.8 Å². The third-order valence-electron chi connectivity index (χ3n) is 3.92. The summed E-state index contributed by atoms with van der Waals surface area (Å²) in [5, 5.41) is 9.15. The van der Waals surface area contributed by atoms with Gasteiger partial charge in [-0.3, -0.25) is 14.6 Å². The van der Waals surface area contributed by atoms with Crippen LogP contribution < -0.4 is 16.0 Å². The second-order valence-electron chi connectivity index (χ2n) is 5.84. The van der Waals surface area contributed by atoms with Crippen LogP contribution in [0.5, 0.6) is 0 Å². The fourth-order valence-corrected chi connectivity index (χ4v) is 2.44. The summed E-state index contributed by atoms with van der Waals surface area (Å²) in [4.78, 5) is 26.9. The van der Waals surface area contributed by atoms with E-state index in [1.54, 1.807) is 20.2 Å². The van der Waals surface area contributed by atoms with Gasteiger partial charge in [-0.15, -0.1) is 0 Å². The first-order chi connectivity index (χ1) is 12.6. The zero-order valence-corrected chi connectivity index (χ0v) is 15.9. The van der Waals surface area contributed by atoms with E-state index in [2.05, 4.69) is 25.7 Å². The van der Waals surface area contributed by atoms with Crippen molar-refractivity contribution in [3.8, 4) is 0 Å². The molecule has 7 nitrogen and oxygen atoms in total. The highest BCUT2D eigenvalue weighted by atomic mass is 16.5. The quantitative estimate of drug-likeness (QED) is 0.254. The third-order valence-corrected chi connectivity index (χ3v) is 3.92. The largest absolute Gasteiger partial charge is 0.469 e. The van der Waals surface area contributed by atoms with Crippen LogP contribution in [0.1, 0.15) is 41.6 Å². The third kappa shape index (κ3) is 8.50. The number of carbonyl (C=O) groups excluding carboxylic acids is 2. The molecule has 1 amide bonds. The van der Waals surface area contributed by atoms with Crippen LogP contribution >= 0.6 is 0 Å². The van der Waals surface area contributed by atoms with E-state index in [1.165, 1.54) is 7.11 Å². The number of nitrogens with zero attached hydrogens (tertiary/aromatic N) is 1. The number of amides is 1. The Kier molecular flexibility index (Phi) is 10.5. The number of benzene rings is 1. The summed E-state index contributed by atoms with van der Waals surface area (Å²) in [6, 6.07) is 7.60. The Bertz CT molecular complexity index is 602. The van der Waals surface area contributed by atoms with Gasteiger partial charge in [-0.1, -0.05) is 18.6 Å². The number of ether oxygens (including phenoxy) is 1. The predicted molar refractivity (Wildman–Crippen MR) is 103 cm³/mol. The fourth-order valence-electron chi connectivity index (χ4n) is 2.44. The zero-order chi connectivity index (χ0) is 19.2. The lowest BCUT2D eigenvalue weighted by atomic mass is 10.1. The Morgan fingerprint density at radius 3 is 2.58 bits per heavy atom. The number of hydrogen-bond donors (Lipinski definition) is 3. The number of aliphatic imine (C=N–C) groups is 1. The van der Waals surface area contributed by atoms with Crippen LogP contribution in [0.15, 0.2) is 29.3 Å². The molecule has 3 N–H and O–H groups in total. The van der Waals surface area contributed by atoms with Gasteiger partial charge in [0, 0.05) is 39.2 Å². The van der Waals surface area contributed by atoms with E-state index >= 15 is 0 Å². The Morgan fingerprint density at radius 2 is 1.88 bits per heavy atom.